The van der Waals surface area contributed by atoms with E-state index in [-0.39, 0.29) is 0 Å². The minimum absolute atomic E-state index is 0.523. The third-order valence-corrected chi connectivity index (χ3v) is 9.97. The quantitative estimate of drug-likeness (QED) is 0.194. The van der Waals surface area contributed by atoms with Gasteiger partial charge in [0.25, 0.3) is 0 Å². The Morgan fingerprint density at radius 2 is 1.38 bits per heavy atom. The molecule has 3 aromatic rings. The molecule has 2 aliphatic carbocycles. The Hall–Kier alpha value is -3.81. The van der Waals surface area contributed by atoms with E-state index in [1.54, 1.807) is 0 Å². The Morgan fingerprint density at radius 3 is 2.04 bits per heavy atom. The van der Waals surface area contributed by atoms with Crippen molar-refractivity contribution in [1.82, 2.24) is 4.57 Å². The van der Waals surface area contributed by atoms with E-state index in [1.165, 1.54) is 84.5 Å². The van der Waals surface area contributed by atoms with E-state index in [0.717, 1.165) is 43.7 Å². The molecule has 0 spiro atoms. The number of fused-ring (bicyclic) bond motifs is 2. The summed E-state index contributed by atoms with van der Waals surface area (Å²) >= 11 is 7.31. The lowest BCUT2D eigenvalue weighted by molar-refractivity contribution is 0.563. The lowest BCUT2D eigenvalue weighted by atomic mass is 9.86. The number of allylic oxidation sites excluding steroid dienone is 14. The van der Waals surface area contributed by atoms with Crippen LogP contribution in [0.5, 0.6) is 0 Å². The van der Waals surface area contributed by atoms with Crippen LogP contribution in [0.1, 0.15) is 105 Å². The van der Waals surface area contributed by atoms with Crippen molar-refractivity contribution in [3.8, 4) is 0 Å². The second kappa shape index (κ2) is 16.5. The number of rotatable bonds is 11. The summed E-state index contributed by atoms with van der Waals surface area (Å²) in [5.41, 5.74) is 11.9. The van der Waals surface area contributed by atoms with Crippen LogP contribution in [0.4, 0.5) is 0 Å². The molecular formula is C46H54ClN. The number of halogens is 1. The SMILES string of the molecule is CCCCC1=C(/C=C/C2=C(Cl)C(=C/C=c3\c4ccccc4/c(=C\C=C(C)C)n3CCCC)/CC(C)C2)c2ccccc2/C1=C\C=C(C)C. The maximum Gasteiger partial charge on any atom is 0.0491 e. The van der Waals surface area contributed by atoms with Crippen molar-refractivity contribution in [1.29, 1.82) is 0 Å². The fourth-order valence-electron chi connectivity index (χ4n) is 7.04. The van der Waals surface area contributed by atoms with E-state index >= 15 is 0 Å². The molecule has 1 unspecified atom stereocenters. The van der Waals surface area contributed by atoms with E-state index in [1.807, 2.05) is 0 Å². The average Bonchev–Trinajstić information content (AvgIpc) is 3.54. The summed E-state index contributed by atoms with van der Waals surface area (Å²) in [5.74, 6) is 0.523. The maximum absolute atomic E-state index is 7.31. The third-order valence-electron chi connectivity index (χ3n) is 9.49. The van der Waals surface area contributed by atoms with Crippen molar-refractivity contribution in [2.75, 3.05) is 0 Å². The molecule has 48 heavy (non-hydrogen) atoms. The zero-order valence-electron chi connectivity index (χ0n) is 30.3. The first-order valence-electron chi connectivity index (χ1n) is 18.1. The van der Waals surface area contributed by atoms with Gasteiger partial charge in [-0.1, -0.05) is 141 Å². The fourth-order valence-corrected chi connectivity index (χ4v) is 7.32. The average molecular weight is 656 g/mol. The van der Waals surface area contributed by atoms with Gasteiger partial charge in [0.05, 0.1) is 0 Å². The van der Waals surface area contributed by atoms with Crippen LogP contribution in [0, 0.1) is 5.92 Å². The molecule has 0 N–H and O–H groups in total. The van der Waals surface area contributed by atoms with E-state index in [4.69, 9.17) is 11.6 Å². The molecule has 2 aromatic carbocycles. The largest absolute Gasteiger partial charge is 0.340 e. The monoisotopic (exact) mass is 655 g/mol. The van der Waals surface area contributed by atoms with Crippen LogP contribution in [-0.2, 0) is 6.54 Å². The van der Waals surface area contributed by atoms with E-state index in [0.29, 0.717) is 5.92 Å². The van der Waals surface area contributed by atoms with Gasteiger partial charge >= 0.3 is 0 Å². The van der Waals surface area contributed by atoms with Gasteiger partial charge in [0.1, 0.15) is 0 Å². The van der Waals surface area contributed by atoms with Crippen molar-refractivity contribution < 1.29 is 0 Å². The minimum atomic E-state index is 0.523. The van der Waals surface area contributed by atoms with E-state index < -0.39 is 0 Å². The summed E-state index contributed by atoms with van der Waals surface area (Å²) in [6.07, 6.45) is 26.1. The summed E-state index contributed by atoms with van der Waals surface area (Å²) < 4.78 is 2.51. The highest BCUT2D eigenvalue weighted by Gasteiger charge is 2.25. The smallest absolute Gasteiger partial charge is 0.0491 e. The summed E-state index contributed by atoms with van der Waals surface area (Å²) in [4.78, 5) is 0. The van der Waals surface area contributed by atoms with E-state index in [9.17, 15) is 0 Å². The van der Waals surface area contributed by atoms with Crippen molar-refractivity contribution in [2.45, 2.75) is 100.0 Å². The molecule has 0 saturated carbocycles. The number of aromatic nitrogens is 1. The van der Waals surface area contributed by atoms with Crippen molar-refractivity contribution in [3.05, 3.63) is 140 Å². The first-order valence-corrected chi connectivity index (χ1v) is 18.5. The molecule has 1 heterocycles. The number of benzene rings is 2. The van der Waals surface area contributed by atoms with Crippen LogP contribution < -0.4 is 10.7 Å². The molecule has 2 aliphatic rings. The topological polar surface area (TPSA) is 4.93 Å². The van der Waals surface area contributed by atoms with Crippen LogP contribution in [0.15, 0.2) is 118 Å². The minimum Gasteiger partial charge on any atom is -0.340 e. The van der Waals surface area contributed by atoms with E-state index in [2.05, 4.69) is 150 Å². The molecule has 5 rings (SSSR count). The molecule has 250 valence electrons. The molecule has 0 aliphatic heterocycles. The third kappa shape index (κ3) is 8.07. The lowest BCUT2D eigenvalue weighted by Crippen LogP contribution is -2.27. The second-order valence-corrected chi connectivity index (χ2v) is 14.5. The van der Waals surface area contributed by atoms with Crippen LogP contribution in [0.3, 0.4) is 0 Å². The number of hydrogen-bond acceptors (Lipinski definition) is 0. The Kier molecular flexibility index (Phi) is 12.2. The normalized spacial score (nSPS) is 19.0. The van der Waals surface area contributed by atoms with Gasteiger partial charge in [-0.2, -0.15) is 0 Å². The van der Waals surface area contributed by atoms with Crippen LogP contribution in [-0.4, -0.2) is 4.57 Å². The number of nitrogens with zero attached hydrogens (tertiary/aromatic N) is 1. The van der Waals surface area contributed by atoms with Gasteiger partial charge in [-0.25, -0.2) is 0 Å². The Morgan fingerprint density at radius 1 is 0.750 bits per heavy atom. The molecular weight excluding hydrogens is 602 g/mol. The molecule has 1 atom stereocenters. The van der Waals surface area contributed by atoms with Crippen LogP contribution in [0.25, 0.3) is 34.1 Å². The lowest BCUT2D eigenvalue weighted by Gasteiger charge is -2.23. The summed E-state index contributed by atoms with van der Waals surface area (Å²) in [6.45, 7) is 16.6. The first kappa shape index (κ1) is 35.5. The first-order chi connectivity index (χ1) is 23.2. The van der Waals surface area contributed by atoms with Crippen molar-refractivity contribution in [3.63, 3.8) is 0 Å². The number of unbranched alkanes of at least 4 members (excludes halogenated alkanes) is 2. The van der Waals surface area contributed by atoms with Gasteiger partial charge in [0.15, 0.2) is 0 Å². The Labute approximate surface area is 294 Å². The summed E-state index contributed by atoms with van der Waals surface area (Å²) in [5, 5.41) is 6.07. The molecule has 2 heteroatoms. The molecule has 0 amide bonds. The molecule has 0 fully saturated rings. The Bertz CT molecular complexity index is 1990. The summed E-state index contributed by atoms with van der Waals surface area (Å²) in [7, 11) is 0. The molecule has 1 nitrogen and oxygen atoms in total. The highest BCUT2D eigenvalue weighted by Crippen LogP contribution is 2.45. The zero-order valence-corrected chi connectivity index (χ0v) is 31.1. The Balaban J connectivity index is 1.62. The molecule has 1 aromatic heterocycles. The van der Waals surface area contributed by atoms with Gasteiger partial charge in [0.2, 0.25) is 0 Å². The van der Waals surface area contributed by atoms with Crippen LogP contribution >= 0.6 is 11.6 Å². The van der Waals surface area contributed by atoms with Crippen LogP contribution in [0.2, 0.25) is 0 Å². The fraction of sp³-hybridized carbons (Fsp3) is 0.348. The predicted octanol–water partition coefficient (Wildman–Crippen LogP) is 12.4. The van der Waals surface area contributed by atoms with Gasteiger partial charge in [-0.15, -0.1) is 0 Å². The van der Waals surface area contributed by atoms with Gasteiger partial charge < -0.3 is 4.57 Å². The molecule has 0 bridgehead atoms. The predicted molar refractivity (Wildman–Crippen MR) is 213 cm³/mol. The molecule has 0 saturated heterocycles. The van der Waals surface area contributed by atoms with Gasteiger partial charge in [-0.3, -0.25) is 0 Å². The highest BCUT2D eigenvalue weighted by atomic mass is 35.5. The maximum atomic E-state index is 7.31. The number of hydrogen-bond donors (Lipinski definition) is 0. The summed E-state index contributed by atoms with van der Waals surface area (Å²) in [6, 6.07) is 17.7. The van der Waals surface area contributed by atoms with Crippen molar-refractivity contribution in [2.24, 2.45) is 5.92 Å². The van der Waals surface area contributed by atoms with Gasteiger partial charge in [0, 0.05) is 33.0 Å². The second-order valence-electron chi connectivity index (χ2n) is 14.1. The molecule has 0 radical (unpaired) electrons. The zero-order chi connectivity index (χ0) is 34.2. The van der Waals surface area contributed by atoms with Crippen molar-refractivity contribution >= 4 is 45.7 Å². The highest BCUT2D eigenvalue weighted by molar-refractivity contribution is 6.32. The standard InChI is InChI=1S/C46H54ClN/c1-8-10-16-37-40(25-21-32(3)4)38-17-12-13-18-39(38)41(37)26-23-35-30-34(7)31-36(46(35)47)24-28-45-43-20-15-14-19-42(43)44(27-22-33(5)6)48(45)29-11-9-2/h12-15,17-28,34H,8-11,16,29-31H2,1-7H3/b26-23+,36-24+,40-25-,44-27+,45-28+. The van der Waals surface area contributed by atoms with Gasteiger partial charge in [-0.05, 0) is 117 Å².